The molecule has 0 radical (unpaired) electrons. The van der Waals surface area contributed by atoms with Crippen LogP contribution in [-0.2, 0) is 6.42 Å². The minimum absolute atomic E-state index is 0.0317. The highest BCUT2D eigenvalue weighted by molar-refractivity contribution is 5.28. The van der Waals surface area contributed by atoms with Gasteiger partial charge >= 0.3 is 0 Å². The fourth-order valence-electron chi connectivity index (χ4n) is 1.71. The highest BCUT2D eigenvalue weighted by Crippen LogP contribution is 2.22. The van der Waals surface area contributed by atoms with E-state index in [1.54, 1.807) is 12.1 Å². The average molecular weight is 267 g/mol. The molecule has 0 saturated carbocycles. The van der Waals surface area contributed by atoms with Gasteiger partial charge in [0.1, 0.15) is 0 Å². The SMILES string of the molecule is CCCc1nc(C(N)c2ccc(C(F)F)cc2)no1. The van der Waals surface area contributed by atoms with Gasteiger partial charge in [0.05, 0.1) is 6.04 Å². The molecule has 1 unspecified atom stereocenters. The first-order valence-electron chi connectivity index (χ1n) is 6.08. The molecule has 1 aromatic carbocycles. The molecule has 1 aromatic heterocycles. The Morgan fingerprint density at radius 1 is 1.21 bits per heavy atom. The van der Waals surface area contributed by atoms with E-state index in [0.29, 0.717) is 23.7 Å². The summed E-state index contributed by atoms with van der Waals surface area (Å²) in [6.07, 6.45) is -0.879. The second-order valence-electron chi connectivity index (χ2n) is 4.24. The van der Waals surface area contributed by atoms with Crippen molar-refractivity contribution in [3.8, 4) is 0 Å². The van der Waals surface area contributed by atoms with Crippen molar-refractivity contribution in [1.82, 2.24) is 10.1 Å². The van der Waals surface area contributed by atoms with E-state index in [1.165, 1.54) is 12.1 Å². The molecule has 2 N–H and O–H groups in total. The van der Waals surface area contributed by atoms with E-state index in [1.807, 2.05) is 6.92 Å². The van der Waals surface area contributed by atoms with E-state index in [9.17, 15) is 8.78 Å². The Hall–Kier alpha value is -1.82. The first-order valence-corrected chi connectivity index (χ1v) is 6.08. The Morgan fingerprint density at radius 3 is 2.42 bits per heavy atom. The molecule has 2 rings (SSSR count). The van der Waals surface area contributed by atoms with E-state index in [0.717, 1.165) is 6.42 Å². The molecular formula is C13H15F2N3O. The van der Waals surface area contributed by atoms with Gasteiger partial charge in [0.15, 0.2) is 5.82 Å². The lowest BCUT2D eigenvalue weighted by Crippen LogP contribution is -2.13. The zero-order valence-electron chi connectivity index (χ0n) is 10.5. The molecular weight excluding hydrogens is 252 g/mol. The third-order valence-corrected chi connectivity index (χ3v) is 2.77. The number of nitrogens with zero attached hydrogens (tertiary/aromatic N) is 2. The maximum absolute atomic E-state index is 12.4. The normalized spacial score (nSPS) is 12.9. The van der Waals surface area contributed by atoms with Crippen molar-refractivity contribution < 1.29 is 13.3 Å². The van der Waals surface area contributed by atoms with Gasteiger partial charge in [-0.15, -0.1) is 0 Å². The Morgan fingerprint density at radius 2 is 1.84 bits per heavy atom. The van der Waals surface area contributed by atoms with Crippen LogP contribution in [0, 0.1) is 0 Å². The van der Waals surface area contributed by atoms with Gasteiger partial charge in [0, 0.05) is 12.0 Å². The molecule has 19 heavy (non-hydrogen) atoms. The third kappa shape index (κ3) is 3.14. The number of halogens is 2. The van der Waals surface area contributed by atoms with Gasteiger partial charge < -0.3 is 10.3 Å². The third-order valence-electron chi connectivity index (χ3n) is 2.77. The summed E-state index contributed by atoms with van der Waals surface area (Å²) in [4.78, 5) is 4.18. The van der Waals surface area contributed by atoms with Gasteiger partial charge in [-0.2, -0.15) is 4.98 Å². The lowest BCUT2D eigenvalue weighted by Gasteiger charge is -2.08. The van der Waals surface area contributed by atoms with Crippen molar-refractivity contribution in [3.05, 3.63) is 47.1 Å². The molecule has 0 aliphatic carbocycles. The van der Waals surface area contributed by atoms with Crippen LogP contribution in [0.5, 0.6) is 0 Å². The average Bonchev–Trinajstić information content (AvgIpc) is 2.87. The molecule has 6 heteroatoms. The van der Waals surface area contributed by atoms with Gasteiger partial charge in [0.2, 0.25) is 5.89 Å². The van der Waals surface area contributed by atoms with Crippen LogP contribution in [-0.4, -0.2) is 10.1 Å². The van der Waals surface area contributed by atoms with Gasteiger partial charge in [-0.25, -0.2) is 8.78 Å². The predicted octanol–water partition coefficient (Wildman–Crippen LogP) is 3.01. The van der Waals surface area contributed by atoms with Crippen molar-refractivity contribution in [1.29, 1.82) is 0 Å². The zero-order valence-corrected chi connectivity index (χ0v) is 10.5. The number of rotatable bonds is 5. The Kier molecular flexibility index (Phi) is 4.21. The Bertz CT molecular complexity index is 525. The van der Waals surface area contributed by atoms with Crippen molar-refractivity contribution in [3.63, 3.8) is 0 Å². The van der Waals surface area contributed by atoms with Crippen molar-refractivity contribution in [2.24, 2.45) is 5.73 Å². The van der Waals surface area contributed by atoms with Crippen molar-refractivity contribution >= 4 is 0 Å². The maximum atomic E-state index is 12.4. The van der Waals surface area contributed by atoms with Gasteiger partial charge in [-0.3, -0.25) is 0 Å². The van der Waals surface area contributed by atoms with Crippen molar-refractivity contribution in [2.45, 2.75) is 32.2 Å². The van der Waals surface area contributed by atoms with Gasteiger partial charge in [-0.05, 0) is 12.0 Å². The fourth-order valence-corrected chi connectivity index (χ4v) is 1.71. The number of alkyl halides is 2. The topological polar surface area (TPSA) is 64.9 Å². The monoisotopic (exact) mass is 267 g/mol. The molecule has 1 heterocycles. The van der Waals surface area contributed by atoms with Crippen LogP contribution in [0.2, 0.25) is 0 Å². The minimum Gasteiger partial charge on any atom is -0.339 e. The number of benzene rings is 1. The smallest absolute Gasteiger partial charge is 0.263 e. The fraction of sp³-hybridized carbons (Fsp3) is 0.385. The summed E-state index contributed by atoms with van der Waals surface area (Å²) < 4.78 is 29.9. The maximum Gasteiger partial charge on any atom is 0.263 e. The Balaban J connectivity index is 2.15. The summed E-state index contributed by atoms with van der Waals surface area (Å²) in [7, 11) is 0. The standard InChI is InChI=1S/C13H15F2N3O/c1-2-3-10-17-13(18-19-10)11(16)8-4-6-9(7-5-8)12(14)15/h4-7,11-12H,2-3,16H2,1H3. The van der Waals surface area contributed by atoms with Crippen LogP contribution >= 0.6 is 0 Å². The molecule has 0 spiro atoms. The van der Waals surface area contributed by atoms with Crippen LogP contribution in [0.15, 0.2) is 28.8 Å². The predicted molar refractivity (Wildman–Crippen MR) is 65.7 cm³/mol. The quantitative estimate of drug-likeness (QED) is 0.904. The summed E-state index contributed by atoms with van der Waals surface area (Å²) in [6.45, 7) is 2.01. The van der Waals surface area contributed by atoms with Crippen LogP contribution in [0.25, 0.3) is 0 Å². The van der Waals surface area contributed by atoms with Crippen LogP contribution < -0.4 is 5.73 Å². The lowest BCUT2D eigenvalue weighted by molar-refractivity contribution is 0.151. The molecule has 0 bridgehead atoms. The van der Waals surface area contributed by atoms with E-state index in [4.69, 9.17) is 10.3 Å². The number of aryl methyl sites for hydroxylation is 1. The number of hydrogen-bond acceptors (Lipinski definition) is 4. The second kappa shape index (κ2) is 5.88. The van der Waals surface area contributed by atoms with E-state index < -0.39 is 12.5 Å². The largest absolute Gasteiger partial charge is 0.339 e. The summed E-state index contributed by atoms with van der Waals surface area (Å²) in [5.74, 6) is 0.908. The molecule has 0 fully saturated rings. The number of aromatic nitrogens is 2. The molecule has 1 atom stereocenters. The van der Waals surface area contributed by atoms with Gasteiger partial charge in [0.25, 0.3) is 6.43 Å². The number of hydrogen-bond donors (Lipinski definition) is 1. The molecule has 102 valence electrons. The highest BCUT2D eigenvalue weighted by Gasteiger charge is 2.16. The molecule has 0 aliphatic rings. The first kappa shape index (κ1) is 13.6. The summed E-state index contributed by atoms with van der Waals surface area (Å²) in [5.41, 5.74) is 6.62. The minimum atomic E-state index is -2.48. The lowest BCUT2D eigenvalue weighted by atomic mass is 10.1. The van der Waals surface area contributed by atoms with E-state index in [2.05, 4.69) is 10.1 Å². The first-order chi connectivity index (χ1) is 9.11. The van der Waals surface area contributed by atoms with E-state index in [-0.39, 0.29) is 5.56 Å². The number of nitrogens with two attached hydrogens (primary N) is 1. The summed E-state index contributed by atoms with van der Waals surface area (Å²) >= 11 is 0. The van der Waals surface area contributed by atoms with E-state index >= 15 is 0 Å². The molecule has 0 aliphatic heterocycles. The summed E-state index contributed by atoms with van der Waals surface area (Å²) in [5, 5.41) is 3.81. The summed E-state index contributed by atoms with van der Waals surface area (Å²) in [6, 6.07) is 5.25. The van der Waals surface area contributed by atoms with Crippen LogP contribution in [0.1, 0.15) is 48.7 Å². The highest BCUT2D eigenvalue weighted by atomic mass is 19.3. The molecule has 0 saturated heterocycles. The molecule has 2 aromatic rings. The second-order valence-corrected chi connectivity index (χ2v) is 4.24. The zero-order chi connectivity index (χ0) is 13.8. The van der Waals surface area contributed by atoms with Crippen molar-refractivity contribution in [2.75, 3.05) is 0 Å². The molecule has 4 nitrogen and oxygen atoms in total. The van der Waals surface area contributed by atoms with Gasteiger partial charge in [-0.1, -0.05) is 36.3 Å². The Labute approximate surface area is 109 Å². The molecule has 0 amide bonds. The van der Waals surface area contributed by atoms with Crippen LogP contribution in [0.3, 0.4) is 0 Å². The van der Waals surface area contributed by atoms with Crippen LogP contribution in [0.4, 0.5) is 8.78 Å².